The van der Waals surface area contributed by atoms with Crippen molar-refractivity contribution in [1.82, 2.24) is 5.32 Å². The molecule has 1 heterocycles. The summed E-state index contributed by atoms with van der Waals surface area (Å²) in [5.41, 5.74) is -0.856. The number of carbonyl (C=O) groups is 2. The van der Waals surface area contributed by atoms with Crippen molar-refractivity contribution in [3.8, 4) is 0 Å². The summed E-state index contributed by atoms with van der Waals surface area (Å²) in [7, 11) is 0. The SMILES string of the molecule is CC(C)CC(NC(=O)C1(C)CCCO1)C(=O)O. The van der Waals surface area contributed by atoms with Crippen molar-refractivity contribution in [2.45, 2.75) is 51.7 Å². The maximum atomic E-state index is 12.0. The van der Waals surface area contributed by atoms with Crippen molar-refractivity contribution in [2.75, 3.05) is 6.61 Å². The van der Waals surface area contributed by atoms with E-state index < -0.39 is 17.6 Å². The summed E-state index contributed by atoms with van der Waals surface area (Å²) in [6, 6.07) is -0.830. The third-order valence-corrected chi connectivity index (χ3v) is 3.01. The Hall–Kier alpha value is -1.10. The van der Waals surface area contributed by atoms with Crippen molar-refractivity contribution in [3.05, 3.63) is 0 Å². The minimum Gasteiger partial charge on any atom is -0.480 e. The van der Waals surface area contributed by atoms with Crippen LogP contribution in [0.1, 0.15) is 40.0 Å². The molecule has 0 aliphatic carbocycles. The molecule has 0 aromatic rings. The van der Waals surface area contributed by atoms with Gasteiger partial charge < -0.3 is 15.2 Å². The molecule has 5 nitrogen and oxygen atoms in total. The normalized spacial score (nSPS) is 25.9. The molecule has 1 fully saturated rings. The molecule has 0 aromatic carbocycles. The van der Waals surface area contributed by atoms with Crippen LogP contribution in [0.3, 0.4) is 0 Å². The van der Waals surface area contributed by atoms with Crippen LogP contribution in [0, 0.1) is 5.92 Å². The molecular formula is C12H21NO4. The molecule has 1 amide bonds. The number of carboxylic acid groups (broad SMARTS) is 1. The van der Waals surface area contributed by atoms with Gasteiger partial charge in [-0.3, -0.25) is 4.79 Å². The molecule has 0 radical (unpaired) electrons. The largest absolute Gasteiger partial charge is 0.480 e. The van der Waals surface area contributed by atoms with E-state index in [0.717, 1.165) is 6.42 Å². The van der Waals surface area contributed by atoms with Crippen LogP contribution in [0.15, 0.2) is 0 Å². The third kappa shape index (κ3) is 3.70. The summed E-state index contributed by atoms with van der Waals surface area (Å²) in [5.74, 6) is -1.09. The van der Waals surface area contributed by atoms with Crippen molar-refractivity contribution in [3.63, 3.8) is 0 Å². The number of carbonyl (C=O) groups excluding carboxylic acids is 1. The van der Waals surface area contributed by atoms with E-state index in [1.165, 1.54) is 0 Å². The quantitative estimate of drug-likeness (QED) is 0.760. The molecule has 5 heteroatoms. The molecule has 0 saturated carbocycles. The molecule has 2 unspecified atom stereocenters. The fraction of sp³-hybridized carbons (Fsp3) is 0.833. The Morgan fingerprint density at radius 1 is 1.47 bits per heavy atom. The van der Waals surface area contributed by atoms with E-state index in [1.54, 1.807) is 6.92 Å². The fourth-order valence-corrected chi connectivity index (χ4v) is 1.96. The Kier molecular flexibility index (Phi) is 4.51. The van der Waals surface area contributed by atoms with Crippen LogP contribution in [0.25, 0.3) is 0 Å². The van der Waals surface area contributed by atoms with E-state index in [4.69, 9.17) is 9.84 Å². The molecule has 2 atom stereocenters. The molecule has 0 bridgehead atoms. The van der Waals surface area contributed by atoms with Gasteiger partial charge in [0.25, 0.3) is 5.91 Å². The maximum Gasteiger partial charge on any atom is 0.326 e. The summed E-state index contributed by atoms with van der Waals surface area (Å²) in [6.45, 7) is 6.13. The Labute approximate surface area is 102 Å². The highest BCUT2D eigenvalue weighted by Crippen LogP contribution is 2.25. The van der Waals surface area contributed by atoms with E-state index in [2.05, 4.69) is 5.32 Å². The van der Waals surface area contributed by atoms with E-state index in [1.807, 2.05) is 13.8 Å². The van der Waals surface area contributed by atoms with Gasteiger partial charge in [-0.25, -0.2) is 4.79 Å². The third-order valence-electron chi connectivity index (χ3n) is 3.01. The zero-order valence-corrected chi connectivity index (χ0v) is 10.7. The lowest BCUT2D eigenvalue weighted by Crippen LogP contribution is -2.51. The van der Waals surface area contributed by atoms with Gasteiger partial charge in [-0.05, 0) is 32.1 Å². The van der Waals surface area contributed by atoms with E-state index in [-0.39, 0.29) is 11.8 Å². The first-order valence-electron chi connectivity index (χ1n) is 6.03. The van der Waals surface area contributed by atoms with Gasteiger partial charge in [-0.15, -0.1) is 0 Å². The predicted molar refractivity (Wildman–Crippen MR) is 62.6 cm³/mol. The highest BCUT2D eigenvalue weighted by molar-refractivity contribution is 5.89. The first-order valence-corrected chi connectivity index (χ1v) is 6.03. The zero-order valence-electron chi connectivity index (χ0n) is 10.7. The highest BCUT2D eigenvalue weighted by Gasteiger charge is 2.39. The monoisotopic (exact) mass is 243 g/mol. The van der Waals surface area contributed by atoms with Gasteiger partial charge in [0, 0.05) is 6.61 Å². The minimum absolute atomic E-state index is 0.216. The van der Waals surface area contributed by atoms with Crippen molar-refractivity contribution < 1.29 is 19.4 Å². The molecule has 0 aromatic heterocycles. The zero-order chi connectivity index (χ0) is 13.1. The topological polar surface area (TPSA) is 75.6 Å². The predicted octanol–water partition coefficient (Wildman–Crippen LogP) is 1.17. The van der Waals surface area contributed by atoms with Crippen LogP contribution in [0.4, 0.5) is 0 Å². The molecule has 98 valence electrons. The highest BCUT2D eigenvalue weighted by atomic mass is 16.5. The van der Waals surface area contributed by atoms with Gasteiger partial charge in [0.15, 0.2) is 0 Å². The molecule has 17 heavy (non-hydrogen) atoms. The molecule has 1 aliphatic rings. The van der Waals surface area contributed by atoms with E-state index in [9.17, 15) is 9.59 Å². The molecule has 1 rings (SSSR count). The van der Waals surface area contributed by atoms with Crippen molar-refractivity contribution in [1.29, 1.82) is 0 Å². The van der Waals surface area contributed by atoms with E-state index in [0.29, 0.717) is 19.4 Å². The first kappa shape index (κ1) is 14.0. The summed E-state index contributed by atoms with van der Waals surface area (Å²) in [5, 5.41) is 11.6. The molecular weight excluding hydrogens is 222 g/mol. The Morgan fingerprint density at radius 3 is 2.53 bits per heavy atom. The van der Waals surface area contributed by atoms with Gasteiger partial charge >= 0.3 is 5.97 Å². The molecule has 1 aliphatic heterocycles. The lowest BCUT2D eigenvalue weighted by Gasteiger charge is -2.25. The second-order valence-corrected chi connectivity index (χ2v) is 5.18. The van der Waals surface area contributed by atoms with Crippen molar-refractivity contribution in [2.24, 2.45) is 5.92 Å². The van der Waals surface area contributed by atoms with Crippen molar-refractivity contribution >= 4 is 11.9 Å². The summed E-state index contributed by atoms with van der Waals surface area (Å²) >= 11 is 0. The van der Waals surface area contributed by atoms with Crippen LogP contribution >= 0.6 is 0 Å². The summed E-state index contributed by atoms with van der Waals surface area (Å²) in [4.78, 5) is 23.0. The molecule has 1 saturated heterocycles. The van der Waals surface area contributed by atoms with Crippen LogP contribution < -0.4 is 5.32 Å². The first-order chi connectivity index (χ1) is 7.85. The fourth-order valence-electron chi connectivity index (χ4n) is 1.96. The summed E-state index contributed by atoms with van der Waals surface area (Å²) in [6.07, 6.45) is 1.91. The Bertz CT molecular complexity index is 295. The van der Waals surface area contributed by atoms with Crippen LogP contribution in [0.5, 0.6) is 0 Å². The number of ether oxygens (including phenoxy) is 1. The van der Waals surface area contributed by atoms with Gasteiger partial charge in [0.05, 0.1) is 0 Å². The van der Waals surface area contributed by atoms with Gasteiger partial charge in [-0.1, -0.05) is 13.8 Å². The van der Waals surface area contributed by atoms with Gasteiger partial charge in [0.2, 0.25) is 0 Å². The lowest BCUT2D eigenvalue weighted by molar-refractivity contribution is -0.147. The number of nitrogens with one attached hydrogen (secondary N) is 1. The van der Waals surface area contributed by atoms with Crippen LogP contribution in [-0.4, -0.2) is 35.2 Å². The number of rotatable bonds is 5. The average molecular weight is 243 g/mol. The maximum absolute atomic E-state index is 12.0. The number of hydrogen-bond donors (Lipinski definition) is 2. The Balaban J connectivity index is 2.60. The number of hydrogen-bond acceptors (Lipinski definition) is 3. The second-order valence-electron chi connectivity index (χ2n) is 5.18. The molecule has 2 N–H and O–H groups in total. The van der Waals surface area contributed by atoms with Gasteiger partial charge in [0.1, 0.15) is 11.6 Å². The van der Waals surface area contributed by atoms with Crippen LogP contribution in [0.2, 0.25) is 0 Å². The number of carboxylic acids is 1. The lowest BCUT2D eigenvalue weighted by atomic mass is 9.99. The smallest absolute Gasteiger partial charge is 0.326 e. The van der Waals surface area contributed by atoms with Crippen LogP contribution in [-0.2, 0) is 14.3 Å². The average Bonchev–Trinajstić information content (AvgIpc) is 2.64. The number of amides is 1. The Morgan fingerprint density at radius 2 is 2.12 bits per heavy atom. The summed E-state index contributed by atoms with van der Waals surface area (Å²) < 4.78 is 5.38. The minimum atomic E-state index is -0.992. The van der Waals surface area contributed by atoms with E-state index >= 15 is 0 Å². The number of aliphatic carboxylic acids is 1. The van der Waals surface area contributed by atoms with Gasteiger partial charge in [-0.2, -0.15) is 0 Å². The standard InChI is InChI=1S/C12H21NO4/c1-8(2)7-9(10(14)15)13-11(16)12(3)5-4-6-17-12/h8-9H,4-7H2,1-3H3,(H,13,16)(H,14,15). The molecule has 0 spiro atoms. The second kappa shape index (κ2) is 5.49.